The summed E-state index contributed by atoms with van der Waals surface area (Å²) >= 11 is 3.34. The number of hydrogen-bond donors (Lipinski definition) is 2. The van der Waals surface area contributed by atoms with Gasteiger partial charge in [-0.2, -0.15) is 0 Å². The van der Waals surface area contributed by atoms with E-state index in [1.54, 1.807) is 12.1 Å². The largest absolute Gasteiger partial charge is 0.478 e. The number of halogens is 1. The minimum absolute atomic E-state index is 0.313. The Kier molecular flexibility index (Phi) is 5.25. The van der Waals surface area contributed by atoms with Crippen molar-refractivity contribution in [2.75, 3.05) is 11.9 Å². The van der Waals surface area contributed by atoms with E-state index in [4.69, 9.17) is 5.11 Å². The van der Waals surface area contributed by atoms with E-state index in [9.17, 15) is 4.79 Å². The molecule has 0 spiro atoms. The molecule has 0 heterocycles. The fourth-order valence-corrected chi connectivity index (χ4v) is 3.23. The number of benzene rings is 1. The molecule has 0 saturated heterocycles. The van der Waals surface area contributed by atoms with Gasteiger partial charge in [0.2, 0.25) is 0 Å². The minimum atomic E-state index is -0.893. The van der Waals surface area contributed by atoms with Crippen molar-refractivity contribution in [3.05, 3.63) is 28.2 Å². The minimum Gasteiger partial charge on any atom is -0.478 e. The summed E-state index contributed by atoms with van der Waals surface area (Å²) in [4.78, 5) is 11.0. The molecular weight excluding hydrogens is 306 g/mol. The van der Waals surface area contributed by atoms with Gasteiger partial charge < -0.3 is 10.4 Å². The van der Waals surface area contributed by atoms with E-state index in [1.807, 2.05) is 6.07 Å². The van der Waals surface area contributed by atoms with Gasteiger partial charge in [-0.3, -0.25) is 0 Å². The SMILES string of the molecule is O=C(O)c1cc(Br)cc(NCCCC2CCCC2)c1. The molecule has 19 heavy (non-hydrogen) atoms. The van der Waals surface area contributed by atoms with Crippen LogP contribution in [0.5, 0.6) is 0 Å². The van der Waals surface area contributed by atoms with Gasteiger partial charge in [0.05, 0.1) is 5.56 Å². The molecule has 0 atom stereocenters. The summed E-state index contributed by atoms with van der Waals surface area (Å²) in [6.07, 6.45) is 8.00. The summed E-state index contributed by atoms with van der Waals surface area (Å²) in [5.41, 5.74) is 1.19. The lowest BCUT2D eigenvalue weighted by molar-refractivity contribution is 0.0697. The zero-order chi connectivity index (χ0) is 13.7. The fourth-order valence-electron chi connectivity index (χ4n) is 2.74. The highest BCUT2D eigenvalue weighted by Gasteiger charge is 2.14. The smallest absolute Gasteiger partial charge is 0.335 e. The van der Waals surface area contributed by atoms with Crippen LogP contribution in [-0.4, -0.2) is 17.6 Å². The number of anilines is 1. The molecule has 1 aromatic rings. The van der Waals surface area contributed by atoms with E-state index in [2.05, 4.69) is 21.2 Å². The van der Waals surface area contributed by atoms with Crippen LogP contribution in [0.3, 0.4) is 0 Å². The van der Waals surface area contributed by atoms with Crippen molar-refractivity contribution in [3.8, 4) is 0 Å². The maximum Gasteiger partial charge on any atom is 0.335 e. The Morgan fingerprint density at radius 1 is 1.32 bits per heavy atom. The molecular formula is C15H20BrNO2. The van der Waals surface area contributed by atoms with Crippen LogP contribution < -0.4 is 5.32 Å². The molecule has 4 heteroatoms. The second kappa shape index (κ2) is 6.94. The van der Waals surface area contributed by atoms with Gasteiger partial charge in [0.15, 0.2) is 0 Å². The number of hydrogen-bond acceptors (Lipinski definition) is 2. The first-order valence-corrected chi connectivity index (χ1v) is 7.72. The average Bonchev–Trinajstić information content (AvgIpc) is 2.87. The number of rotatable bonds is 6. The fraction of sp³-hybridized carbons (Fsp3) is 0.533. The molecule has 1 aliphatic rings. The lowest BCUT2D eigenvalue weighted by Crippen LogP contribution is -2.05. The normalized spacial score (nSPS) is 15.6. The van der Waals surface area contributed by atoms with Crippen LogP contribution in [-0.2, 0) is 0 Å². The van der Waals surface area contributed by atoms with Crippen molar-refractivity contribution in [2.45, 2.75) is 38.5 Å². The lowest BCUT2D eigenvalue weighted by atomic mass is 10.0. The number of nitrogens with one attached hydrogen (secondary N) is 1. The second-order valence-corrected chi connectivity index (χ2v) is 6.17. The van der Waals surface area contributed by atoms with Gasteiger partial charge in [-0.25, -0.2) is 4.79 Å². The van der Waals surface area contributed by atoms with E-state index < -0.39 is 5.97 Å². The molecule has 0 radical (unpaired) electrons. The Hall–Kier alpha value is -1.03. The molecule has 0 aromatic heterocycles. The van der Waals surface area contributed by atoms with E-state index in [1.165, 1.54) is 32.1 Å². The zero-order valence-electron chi connectivity index (χ0n) is 11.0. The molecule has 1 aromatic carbocycles. The highest BCUT2D eigenvalue weighted by Crippen LogP contribution is 2.28. The summed E-state index contributed by atoms with van der Waals surface area (Å²) in [6, 6.07) is 5.22. The number of carboxylic acids is 1. The number of carbonyl (C=O) groups is 1. The first kappa shape index (κ1) is 14.4. The van der Waals surface area contributed by atoms with Crippen molar-refractivity contribution in [1.82, 2.24) is 0 Å². The van der Waals surface area contributed by atoms with E-state index >= 15 is 0 Å². The van der Waals surface area contributed by atoms with Crippen LogP contribution in [0.2, 0.25) is 0 Å². The van der Waals surface area contributed by atoms with Gasteiger partial charge in [0, 0.05) is 16.7 Å². The molecule has 0 bridgehead atoms. The van der Waals surface area contributed by atoms with E-state index in [0.29, 0.717) is 5.56 Å². The maximum atomic E-state index is 11.0. The third-order valence-electron chi connectivity index (χ3n) is 3.74. The quantitative estimate of drug-likeness (QED) is 0.755. The predicted octanol–water partition coefficient (Wildman–Crippen LogP) is 4.53. The Morgan fingerprint density at radius 3 is 2.74 bits per heavy atom. The lowest BCUT2D eigenvalue weighted by Gasteiger charge is -2.11. The molecule has 1 fully saturated rings. The van der Waals surface area contributed by atoms with Gasteiger partial charge in [-0.1, -0.05) is 41.6 Å². The molecule has 0 amide bonds. The first-order valence-electron chi connectivity index (χ1n) is 6.93. The van der Waals surface area contributed by atoms with Crippen LogP contribution in [0.1, 0.15) is 48.9 Å². The topological polar surface area (TPSA) is 49.3 Å². The molecule has 0 aliphatic heterocycles. The van der Waals surface area contributed by atoms with E-state index in [0.717, 1.165) is 29.0 Å². The van der Waals surface area contributed by atoms with Crippen molar-refractivity contribution < 1.29 is 9.90 Å². The molecule has 3 nitrogen and oxygen atoms in total. The highest BCUT2D eigenvalue weighted by molar-refractivity contribution is 9.10. The van der Waals surface area contributed by atoms with Crippen molar-refractivity contribution in [2.24, 2.45) is 5.92 Å². The second-order valence-electron chi connectivity index (χ2n) is 5.25. The summed E-state index contributed by atoms with van der Waals surface area (Å²) < 4.78 is 0.797. The Balaban J connectivity index is 1.80. The Bertz CT molecular complexity index is 442. The number of carboxylic acid groups (broad SMARTS) is 1. The van der Waals surface area contributed by atoms with Crippen molar-refractivity contribution in [1.29, 1.82) is 0 Å². The highest BCUT2D eigenvalue weighted by atomic mass is 79.9. The third kappa shape index (κ3) is 4.53. The summed E-state index contributed by atoms with van der Waals surface area (Å²) in [7, 11) is 0. The summed E-state index contributed by atoms with van der Waals surface area (Å²) in [5.74, 6) is 0.0224. The number of aromatic carboxylic acids is 1. The van der Waals surface area contributed by atoms with Crippen LogP contribution in [0.25, 0.3) is 0 Å². The standard InChI is InChI=1S/C15H20BrNO2/c16-13-8-12(15(18)19)9-14(10-13)17-7-3-6-11-4-1-2-5-11/h8-11,17H,1-7H2,(H,18,19). The van der Waals surface area contributed by atoms with Gasteiger partial charge in [-0.15, -0.1) is 0 Å². The molecule has 2 rings (SSSR count). The first-order chi connectivity index (χ1) is 9.15. The van der Waals surface area contributed by atoms with Crippen LogP contribution in [0.4, 0.5) is 5.69 Å². The summed E-state index contributed by atoms with van der Waals surface area (Å²) in [6.45, 7) is 0.909. The van der Waals surface area contributed by atoms with Gasteiger partial charge in [-0.05, 0) is 37.0 Å². The van der Waals surface area contributed by atoms with Gasteiger partial charge in [0.25, 0.3) is 0 Å². The molecule has 2 N–H and O–H groups in total. The average molecular weight is 326 g/mol. The van der Waals surface area contributed by atoms with Crippen LogP contribution >= 0.6 is 15.9 Å². The zero-order valence-corrected chi connectivity index (χ0v) is 12.6. The Morgan fingerprint density at radius 2 is 2.05 bits per heavy atom. The van der Waals surface area contributed by atoms with Crippen LogP contribution in [0.15, 0.2) is 22.7 Å². The molecule has 1 saturated carbocycles. The van der Waals surface area contributed by atoms with Crippen LogP contribution in [0, 0.1) is 5.92 Å². The third-order valence-corrected chi connectivity index (χ3v) is 4.20. The summed E-state index contributed by atoms with van der Waals surface area (Å²) in [5, 5.41) is 12.3. The molecule has 104 valence electrons. The Labute approximate surface area is 122 Å². The van der Waals surface area contributed by atoms with Crippen molar-refractivity contribution in [3.63, 3.8) is 0 Å². The van der Waals surface area contributed by atoms with Crippen molar-refractivity contribution >= 4 is 27.6 Å². The maximum absolute atomic E-state index is 11.0. The molecule has 0 unspecified atom stereocenters. The van der Waals surface area contributed by atoms with Gasteiger partial charge in [0.1, 0.15) is 0 Å². The predicted molar refractivity (Wildman–Crippen MR) is 80.8 cm³/mol. The monoisotopic (exact) mass is 325 g/mol. The van der Waals surface area contributed by atoms with Gasteiger partial charge >= 0.3 is 5.97 Å². The van der Waals surface area contributed by atoms with E-state index in [-0.39, 0.29) is 0 Å². The molecule has 1 aliphatic carbocycles.